The molecule has 1 N–H and O–H groups in total. The molecule has 1 heterocycles. The van der Waals surface area contributed by atoms with Crippen molar-refractivity contribution >= 4 is 17.9 Å². The van der Waals surface area contributed by atoms with E-state index in [1.165, 1.54) is 0 Å². The van der Waals surface area contributed by atoms with Crippen molar-refractivity contribution in [3.63, 3.8) is 0 Å². The predicted octanol–water partition coefficient (Wildman–Crippen LogP) is 1.76. The predicted molar refractivity (Wildman–Crippen MR) is 91.5 cm³/mol. The zero-order valence-electron chi connectivity index (χ0n) is 15.2. The number of ether oxygens (including phenoxy) is 1. The summed E-state index contributed by atoms with van der Waals surface area (Å²) >= 11 is 0. The quantitative estimate of drug-likeness (QED) is 0.730. The Hall–Kier alpha value is -1.79. The molecular weight excluding hydrogens is 310 g/mol. The second-order valence-corrected chi connectivity index (χ2v) is 6.14. The van der Waals surface area contributed by atoms with E-state index in [9.17, 15) is 14.4 Å². The van der Waals surface area contributed by atoms with Gasteiger partial charge in [0.2, 0.25) is 11.8 Å². The second kappa shape index (κ2) is 10.9. The number of hydrogen-bond acceptors (Lipinski definition) is 4. The molecule has 24 heavy (non-hydrogen) atoms. The van der Waals surface area contributed by atoms with Crippen LogP contribution in [-0.4, -0.2) is 66.5 Å². The molecule has 1 fully saturated rings. The summed E-state index contributed by atoms with van der Waals surface area (Å²) < 4.78 is 4.98. The van der Waals surface area contributed by atoms with Crippen molar-refractivity contribution in [3.8, 4) is 0 Å². The third kappa shape index (κ3) is 7.19. The van der Waals surface area contributed by atoms with Crippen LogP contribution in [0.25, 0.3) is 0 Å². The summed E-state index contributed by atoms with van der Waals surface area (Å²) in [4.78, 5) is 38.7. The van der Waals surface area contributed by atoms with Gasteiger partial charge in [-0.05, 0) is 26.2 Å². The lowest BCUT2D eigenvalue weighted by atomic mass is 10.1. The largest absolute Gasteiger partial charge is 0.450 e. The van der Waals surface area contributed by atoms with Gasteiger partial charge in [-0.2, -0.15) is 0 Å². The van der Waals surface area contributed by atoms with Crippen molar-refractivity contribution in [1.29, 1.82) is 0 Å². The second-order valence-electron chi connectivity index (χ2n) is 6.14. The number of hydrogen-bond donors (Lipinski definition) is 1. The lowest BCUT2D eigenvalue weighted by Gasteiger charge is -2.31. The Morgan fingerprint density at radius 3 is 2.38 bits per heavy atom. The Balaban J connectivity index is 2.28. The summed E-state index contributed by atoms with van der Waals surface area (Å²) in [5.41, 5.74) is 0. The maximum Gasteiger partial charge on any atom is 0.409 e. The first-order valence-electron chi connectivity index (χ1n) is 8.94. The maximum absolute atomic E-state index is 12.1. The minimum Gasteiger partial charge on any atom is -0.450 e. The molecule has 0 atom stereocenters. The molecule has 7 nitrogen and oxygen atoms in total. The van der Waals surface area contributed by atoms with E-state index in [2.05, 4.69) is 12.2 Å². The Labute approximate surface area is 144 Å². The number of unbranched alkanes of at least 4 members (excludes halogenated alkanes) is 1. The molecular formula is C17H31N3O4. The van der Waals surface area contributed by atoms with Crippen LogP contribution in [0.5, 0.6) is 0 Å². The number of nitrogens with zero attached hydrogens (tertiary/aromatic N) is 2. The van der Waals surface area contributed by atoms with Crippen LogP contribution in [-0.2, 0) is 14.3 Å². The van der Waals surface area contributed by atoms with Crippen LogP contribution in [0.3, 0.4) is 0 Å². The fraction of sp³-hybridized carbons (Fsp3) is 0.824. The molecule has 0 aromatic rings. The van der Waals surface area contributed by atoms with Gasteiger partial charge in [0.1, 0.15) is 0 Å². The minimum atomic E-state index is -0.282. The molecule has 0 radical (unpaired) electrons. The summed E-state index contributed by atoms with van der Waals surface area (Å²) in [6.45, 7) is 8.14. The van der Waals surface area contributed by atoms with E-state index >= 15 is 0 Å². The average Bonchev–Trinajstić information content (AvgIpc) is 2.55. The number of amides is 3. The van der Waals surface area contributed by atoms with E-state index in [1.54, 1.807) is 23.6 Å². The Kier molecular flexibility index (Phi) is 9.19. The van der Waals surface area contributed by atoms with E-state index < -0.39 is 0 Å². The van der Waals surface area contributed by atoms with E-state index in [4.69, 9.17) is 4.74 Å². The molecule has 0 spiro atoms. The molecule has 0 unspecified atom stereocenters. The van der Waals surface area contributed by atoms with Gasteiger partial charge in [-0.1, -0.05) is 13.3 Å². The molecule has 138 valence electrons. The van der Waals surface area contributed by atoms with Crippen LogP contribution in [0.4, 0.5) is 4.79 Å². The number of piperidine rings is 1. The smallest absolute Gasteiger partial charge is 0.409 e. The van der Waals surface area contributed by atoms with Crippen LogP contribution in [0.2, 0.25) is 0 Å². The van der Waals surface area contributed by atoms with Gasteiger partial charge >= 0.3 is 6.09 Å². The molecule has 0 aromatic carbocycles. The van der Waals surface area contributed by atoms with Gasteiger partial charge in [0, 0.05) is 45.6 Å². The van der Waals surface area contributed by atoms with Gasteiger partial charge in [-0.15, -0.1) is 0 Å². The van der Waals surface area contributed by atoms with E-state index in [1.807, 2.05) is 0 Å². The van der Waals surface area contributed by atoms with Gasteiger partial charge in [-0.3, -0.25) is 9.59 Å². The first kappa shape index (κ1) is 20.3. The first-order valence-corrected chi connectivity index (χ1v) is 8.94. The average molecular weight is 341 g/mol. The van der Waals surface area contributed by atoms with Crippen molar-refractivity contribution in [2.24, 2.45) is 0 Å². The topological polar surface area (TPSA) is 79.0 Å². The van der Waals surface area contributed by atoms with Crippen molar-refractivity contribution in [1.82, 2.24) is 15.1 Å². The van der Waals surface area contributed by atoms with Crippen LogP contribution in [0, 0.1) is 0 Å². The third-order valence-corrected chi connectivity index (χ3v) is 4.22. The molecule has 1 saturated heterocycles. The molecule has 7 heteroatoms. The summed E-state index contributed by atoms with van der Waals surface area (Å²) in [5, 5.41) is 3.01. The molecule has 0 aromatic heterocycles. The summed E-state index contributed by atoms with van der Waals surface area (Å²) in [7, 11) is 0. The zero-order chi connectivity index (χ0) is 17.9. The molecule has 0 saturated carbocycles. The fourth-order valence-corrected chi connectivity index (χ4v) is 2.73. The number of nitrogens with one attached hydrogen (secondary N) is 1. The molecule has 3 amide bonds. The maximum atomic E-state index is 12.1. The van der Waals surface area contributed by atoms with Crippen LogP contribution in [0.15, 0.2) is 0 Å². The Morgan fingerprint density at radius 1 is 1.17 bits per heavy atom. The standard InChI is InChI=1S/C17H31N3O4/c1-4-6-10-19(14(3)21)13-9-16(22)18-15-7-11-20(12-8-15)17(23)24-5-2/h15H,4-13H2,1-3H3,(H,18,22). The van der Waals surface area contributed by atoms with Crippen LogP contribution >= 0.6 is 0 Å². The molecule has 0 bridgehead atoms. The molecule has 1 aliphatic heterocycles. The lowest BCUT2D eigenvalue weighted by molar-refractivity contribution is -0.129. The van der Waals surface area contributed by atoms with Crippen LogP contribution in [0.1, 0.15) is 52.9 Å². The van der Waals surface area contributed by atoms with Crippen molar-refractivity contribution in [2.75, 3.05) is 32.8 Å². The van der Waals surface area contributed by atoms with Gasteiger partial charge in [0.15, 0.2) is 0 Å². The highest BCUT2D eigenvalue weighted by atomic mass is 16.6. The highest BCUT2D eigenvalue weighted by Crippen LogP contribution is 2.11. The van der Waals surface area contributed by atoms with Gasteiger partial charge in [-0.25, -0.2) is 4.79 Å². The van der Waals surface area contributed by atoms with E-state index in [0.717, 1.165) is 25.7 Å². The summed E-state index contributed by atoms with van der Waals surface area (Å²) in [6, 6.07) is 0.0876. The van der Waals surface area contributed by atoms with Gasteiger partial charge in [0.05, 0.1) is 6.61 Å². The lowest BCUT2D eigenvalue weighted by Crippen LogP contribution is -2.47. The molecule has 1 aliphatic rings. The van der Waals surface area contributed by atoms with E-state index in [-0.39, 0.29) is 23.9 Å². The Bertz CT molecular complexity index is 420. The highest BCUT2D eigenvalue weighted by Gasteiger charge is 2.24. The third-order valence-electron chi connectivity index (χ3n) is 4.22. The summed E-state index contributed by atoms with van der Waals surface area (Å²) in [5.74, 6) is -0.0219. The first-order chi connectivity index (χ1) is 11.5. The molecule has 1 rings (SSSR count). The van der Waals surface area contributed by atoms with Crippen molar-refractivity contribution in [3.05, 3.63) is 0 Å². The normalized spacial score (nSPS) is 15.0. The van der Waals surface area contributed by atoms with Gasteiger partial charge in [0.25, 0.3) is 0 Å². The highest BCUT2D eigenvalue weighted by molar-refractivity contribution is 5.78. The molecule has 0 aliphatic carbocycles. The monoisotopic (exact) mass is 341 g/mol. The zero-order valence-corrected chi connectivity index (χ0v) is 15.2. The Morgan fingerprint density at radius 2 is 1.83 bits per heavy atom. The van der Waals surface area contributed by atoms with Crippen molar-refractivity contribution in [2.45, 2.75) is 58.9 Å². The number of likely N-dealkylation sites (tertiary alicyclic amines) is 1. The number of carbonyl (C=O) groups is 3. The minimum absolute atomic E-state index is 0.0130. The van der Waals surface area contributed by atoms with Crippen molar-refractivity contribution < 1.29 is 19.1 Å². The number of rotatable bonds is 8. The van der Waals surface area contributed by atoms with Crippen LogP contribution < -0.4 is 5.32 Å². The SMILES string of the molecule is CCCCN(CCC(=O)NC1CCN(C(=O)OCC)CC1)C(C)=O. The number of carbonyl (C=O) groups excluding carboxylic acids is 3. The summed E-state index contributed by atoms with van der Waals surface area (Å²) in [6.07, 6.45) is 3.48. The van der Waals surface area contributed by atoms with Gasteiger partial charge < -0.3 is 19.9 Å². The van der Waals surface area contributed by atoms with E-state index in [0.29, 0.717) is 39.2 Å². The fourth-order valence-electron chi connectivity index (χ4n) is 2.73.